The van der Waals surface area contributed by atoms with Gasteiger partial charge in [-0.05, 0) is 50.9 Å². The number of hydrogen-bond acceptors (Lipinski definition) is 4. The molecule has 1 aromatic rings. The maximum absolute atomic E-state index is 13.9. The van der Waals surface area contributed by atoms with E-state index in [1.54, 1.807) is 12.1 Å². The molecule has 0 aliphatic carbocycles. The van der Waals surface area contributed by atoms with Gasteiger partial charge in [0, 0.05) is 19.1 Å². The number of benzene rings is 1. The number of hydrogen-bond donors (Lipinski definition) is 0. The minimum atomic E-state index is -0.746. The highest BCUT2D eigenvalue weighted by Gasteiger charge is 2.30. The highest BCUT2D eigenvalue weighted by molar-refractivity contribution is 5.64. The summed E-state index contributed by atoms with van der Waals surface area (Å²) in [5.41, 5.74) is 0.0403. The summed E-state index contributed by atoms with van der Waals surface area (Å²) < 4.78 is 13.9. The van der Waals surface area contributed by atoms with E-state index in [0.29, 0.717) is 11.7 Å². The molecule has 0 amide bonds. The summed E-state index contributed by atoms with van der Waals surface area (Å²) >= 11 is 0. The van der Waals surface area contributed by atoms with Crippen LogP contribution >= 0.6 is 0 Å². The Labute approximate surface area is 136 Å². The Morgan fingerprint density at radius 2 is 1.83 bits per heavy atom. The molecule has 0 N–H and O–H groups in total. The van der Waals surface area contributed by atoms with Crippen LogP contribution in [-0.4, -0.2) is 42.0 Å². The van der Waals surface area contributed by atoms with Gasteiger partial charge in [0.15, 0.2) is 0 Å². The van der Waals surface area contributed by atoms with E-state index in [9.17, 15) is 14.5 Å². The quantitative estimate of drug-likeness (QED) is 0.631. The van der Waals surface area contributed by atoms with Gasteiger partial charge in [-0.2, -0.15) is 4.39 Å². The Morgan fingerprint density at radius 1 is 1.09 bits per heavy atom. The highest BCUT2D eigenvalue weighted by atomic mass is 19.1. The largest absolute Gasteiger partial charge is 0.364 e. The predicted octanol–water partition coefficient (Wildman–Crippen LogP) is 3.58. The Hall–Kier alpha value is -1.69. The Balaban J connectivity index is 1.78. The number of piperidine rings is 1. The minimum absolute atomic E-state index is 0.385. The number of likely N-dealkylation sites (tertiary alicyclic amines) is 1. The van der Waals surface area contributed by atoms with E-state index in [-0.39, 0.29) is 5.69 Å². The van der Waals surface area contributed by atoms with Gasteiger partial charge >= 0.3 is 5.69 Å². The van der Waals surface area contributed by atoms with E-state index in [4.69, 9.17) is 0 Å². The van der Waals surface area contributed by atoms with Crippen molar-refractivity contribution in [3.8, 4) is 0 Å². The molecule has 1 atom stereocenters. The molecule has 2 aliphatic heterocycles. The van der Waals surface area contributed by atoms with Gasteiger partial charge in [-0.15, -0.1) is 0 Å². The van der Waals surface area contributed by atoms with E-state index >= 15 is 0 Å². The second-order valence-corrected chi connectivity index (χ2v) is 6.56. The summed E-state index contributed by atoms with van der Waals surface area (Å²) in [5.74, 6) is -0.746. The molecule has 126 valence electrons. The normalized spacial score (nSPS) is 23.5. The van der Waals surface area contributed by atoms with Crippen LogP contribution in [0.15, 0.2) is 18.2 Å². The number of para-hydroxylation sites is 1. The van der Waals surface area contributed by atoms with Crippen LogP contribution in [0.5, 0.6) is 0 Å². The molecule has 0 spiro atoms. The standard InChI is InChI=1S/C17H24FN3O2/c18-15-8-5-9-16(17(15)21(22)23)20-12-6-7-14(13-20)19-10-3-1-2-4-11-19/h5,8-9,14H,1-4,6-7,10-13H2. The predicted molar refractivity (Wildman–Crippen MR) is 88.3 cm³/mol. The highest BCUT2D eigenvalue weighted by Crippen LogP contribution is 2.33. The number of rotatable bonds is 3. The number of halogens is 1. The summed E-state index contributed by atoms with van der Waals surface area (Å²) in [6.07, 6.45) is 7.17. The van der Waals surface area contributed by atoms with Crippen LogP contribution in [-0.2, 0) is 0 Å². The molecular weight excluding hydrogens is 297 g/mol. The lowest BCUT2D eigenvalue weighted by Gasteiger charge is -2.39. The van der Waals surface area contributed by atoms with Crippen molar-refractivity contribution in [3.63, 3.8) is 0 Å². The molecule has 0 aromatic heterocycles. The van der Waals surface area contributed by atoms with Crippen LogP contribution in [0.4, 0.5) is 15.8 Å². The van der Waals surface area contributed by atoms with Gasteiger partial charge in [-0.1, -0.05) is 18.9 Å². The van der Waals surface area contributed by atoms with Crippen LogP contribution in [0.2, 0.25) is 0 Å². The molecule has 0 saturated carbocycles. The van der Waals surface area contributed by atoms with Gasteiger partial charge in [0.2, 0.25) is 5.82 Å². The van der Waals surface area contributed by atoms with Crippen LogP contribution < -0.4 is 4.90 Å². The third kappa shape index (κ3) is 3.63. The van der Waals surface area contributed by atoms with Gasteiger partial charge < -0.3 is 4.90 Å². The van der Waals surface area contributed by atoms with Crippen LogP contribution in [0.25, 0.3) is 0 Å². The van der Waals surface area contributed by atoms with Crippen molar-refractivity contribution in [2.75, 3.05) is 31.1 Å². The average molecular weight is 321 g/mol. The van der Waals surface area contributed by atoms with Gasteiger partial charge in [0.05, 0.1) is 4.92 Å². The van der Waals surface area contributed by atoms with E-state index in [1.165, 1.54) is 25.7 Å². The minimum Gasteiger partial charge on any atom is -0.364 e. The maximum Gasteiger partial charge on any atom is 0.327 e. The Bertz CT molecular complexity index is 559. The molecule has 23 heavy (non-hydrogen) atoms. The van der Waals surface area contributed by atoms with Crippen LogP contribution in [0.3, 0.4) is 0 Å². The number of nitro benzene ring substituents is 1. The first-order chi connectivity index (χ1) is 11.2. The second kappa shape index (κ2) is 7.25. The SMILES string of the molecule is O=[N+]([O-])c1c(F)cccc1N1CCCC(N2CCCCCC2)C1. The van der Waals surface area contributed by atoms with Gasteiger partial charge in [-0.3, -0.25) is 15.0 Å². The summed E-state index contributed by atoms with van der Waals surface area (Å²) in [7, 11) is 0. The third-order valence-corrected chi connectivity index (χ3v) is 5.04. The van der Waals surface area contributed by atoms with E-state index < -0.39 is 10.7 Å². The molecule has 6 heteroatoms. The number of anilines is 1. The first-order valence-corrected chi connectivity index (χ1v) is 8.58. The molecule has 2 heterocycles. The van der Waals surface area contributed by atoms with Gasteiger partial charge in [0.25, 0.3) is 0 Å². The van der Waals surface area contributed by atoms with Crippen molar-refractivity contribution in [2.24, 2.45) is 0 Å². The van der Waals surface area contributed by atoms with E-state index in [1.807, 2.05) is 4.90 Å². The average Bonchev–Trinajstić information content (AvgIpc) is 2.83. The molecule has 5 nitrogen and oxygen atoms in total. The molecule has 2 aliphatic rings. The number of nitrogens with zero attached hydrogens (tertiary/aromatic N) is 3. The molecule has 1 aromatic carbocycles. The summed E-state index contributed by atoms with van der Waals surface area (Å²) in [5, 5.41) is 11.2. The molecule has 1 unspecified atom stereocenters. The maximum atomic E-state index is 13.9. The zero-order valence-corrected chi connectivity index (χ0v) is 13.4. The first-order valence-electron chi connectivity index (χ1n) is 8.58. The molecule has 2 fully saturated rings. The smallest absolute Gasteiger partial charge is 0.327 e. The van der Waals surface area contributed by atoms with Gasteiger partial charge in [-0.25, -0.2) is 0 Å². The summed E-state index contributed by atoms with van der Waals surface area (Å²) in [4.78, 5) is 15.2. The first kappa shape index (κ1) is 16.2. The topological polar surface area (TPSA) is 49.6 Å². The van der Waals surface area contributed by atoms with Crippen molar-refractivity contribution < 1.29 is 9.31 Å². The molecule has 2 saturated heterocycles. The second-order valence-electron chi connectivity index (χ2n) is 6.56. The lowest BCUT2D eigenvalue weighted by atomic mass is 10.0. The van der Waals surface area contributed by atoms with Crippen molar-refractivity contribution in [1.29, 1.82) is 0 Å². The Morgan fingerprint density at radius 3 is 2.52 bits per heavy atom. The van der Waals surface area contributed by atoms with Gasteiger partial charge in [0.1, 0.15) is 5.69 Å². The van der Waals surface area contributed by atoms with Crippen molar-refractivity contribution >= 4 is 11.4 Å². The third-order valence-electron chi connectivity index (χ3n) is 5.04. The zero-order chi connectivity index (χ0) is 16.2. The number of nitro groups is 1. The lowest BCUT2D eigenvalue weighted by Crippen LogP contribution is -2.48. The van der Waals surface area contributed by atoms with E-state index in [2.05, 4.69) is 4.90 Å². The van der Waals surface area contributed by atoms with Crippen molar-refractivity contribution in [1.82, 2.24) is 4.90 Å². The van der Waals surface area contributed by atoms with Crippen LogP contribution in [0, 0.1) is 15.9 Å². The zero-order valence-electron chi connectivity index (χ0n) is 13.4. The molecular formula is C17H24FN3O2. The fourth-order valence-electron chi connectivity index (χ4n) is 3.87. The Kier molecular flexibility index (Phi) is 5.10. The lowest BCUT2D eigenvalue weighted by molar-refractivity contribution is -0.386. The fraction of sp³-hybridized carbons (Fsp3) is 0.647. The van der Waals surface area contributed by atoms with Crippen LogP contribution in [0.1, 0.15) is 38.5 Å². The van der Waals surface area contributed by atoms with E-state index in [0.717, 1.165) is 45.1 Å². The monoisotopic (exact) mass is 321 g/mol. The fourth-order valence-corrected chi connectivity index (χ4v) is 3.87. The summed E-state index contributed by atoms with van der Waals surface area (Å²) in [6.45, 7) is 3.74. The van der Waals surface area contributed by atoms with Crippen molar-refractivity contribution in [2.45, 2.75) is 44.6 Å². The molecule has 3 rings (SSSR count). The summed E-state index contributed by atoms with van der Waals surface area (Å²) in [6, 6.07) is 4.82. The molecule has 0 radical (unpaired) electrons. The van der Waals surface area contributed by atoms with Crippen molar-refractivity contribution in [3.05, 3.63) is 34.1 Å². The molecule has 0 bridgehead atoms.